The van der Waals surface area contributed by atoms with Crippen molar-refractivity contribution in [2.45, 2.75) is 0 Å². The summed E-state index contributed by atoms with van der Waals surface area (Å²) in [4.78, 5) is 26.8. The second-order valence-corrected chi connectivity index (χ2v) is 5.62. The number of anilines is 2. The molecule has 0 spiro atoms. The predicted octanol–water partition coefficient (Wildman–Crippen LogP) is 3.64. The molecule has 0 saturated heterocycles. The van der Waals surface area contributed by atoms with E-state index in [1.807, 2.05) is 42.3 Å². The standard InChI is InChI=1S/C19H14N4O2/c1-23(13-5-3-2-4-6-13)18-17-16(20-9-10-21-17)14-8-7-12(19(24)25)11-15(14)22-18/h2-11H,1H3,(H,24,25). The molecule has 2 aromatic heterocycles. The number of carboxylic acids is 1. The van der Waals surface area contributed by atoms with Crippen molar-refractivity contribution in [1.29, 1.82) is 0 Å². The van der Waals surface area contributed by atoms with Crippen LogP contribution in [-0.4, -0.2) is 33.1 Å². The molecular weight excluding hydrogens is 316 g/mol. The van der Waals surface area contributed by atoms with Gasteiger partial charge in [0.05, 0.1) is 11.1 Å². The van der Waals surface area contributed by atoms with Gasteiger partial charge >= 0.3 is 5.97 Å². The molecule has 6 nitrogen and oxygen atoms in total. The molecule has 25 heavy (non-hydrogen) atoms. The van der Waals surface area contributed by atoms with Gasteiger partial charge in [0.25, 0.3) is 0 Å². The second-order valence-electron chi connectivity index (χ2n) is 5.62. The number of rotatable bonds is 3. The van der Waals surface area contributed by atoms with E-state index in [1.54, 1.807) is 30.6 Å². The number of carboxylic acid groups (broad SMARTS) is 1. The van der Waals surface area contributed by atoms with Crippen molar-refractivity contribution >= 4 is 39.4 Å². The van der Waals surface area contributed by atoms with Gasteiger partial charge in [-0.25, -0.2) is 14.8 Å². The minimum Gasteiger partial charge on any atom is -0.478 e. The maximum atomic E-state index is 11.3. The zero-order valence-electron chi connectivity index (χ0n) is 13.4. The molecule has 0 unspecified atom stereocenters. The van der Waals surface area contributed by atoms with Gasteiger partial charge in [-0.3, -0.25) is 4.98 Å². The lowest BCUT2D eigenvalue weighted by molar-refractivity contribution is 0.0697. The molecule has 0 amide bonds. The maximum absolute atomic E-state index is 11.3. The number of hydrogen-bond acceptors (Lipinski definition) is 5. The van der Waals surface area contributed by atoms with Crippen LogP contribution in [0.5, 0.6) is 0 Å². The van der Waals surface area contributed by atoms with Crippen LogP contribution in [0.2, 0.25) is 0 Å². The van der Waals surface area contributed by atoms with Crippen LogP contribution in [0.25, 0.3) is 21.9 Å². The molecule has 2 aromatic carbocycles. The maximum Gasteiger partial charge on any atom is 0.335 e. The number of aromatic nitrogens is 3. The highest BCUT2D eigenvalue weighted by atomic mass is 16.4. The average Bonchev–Trinajstić information content (AvgIpc) is 2.67. The zero-order valence-corrected chi connectivity index (χ0v) is 13.4. The fraction of sp³-hybridized carbons (Fsp3) is 0.0526. The average molecular weight is 330 g/mol. The van der Waals surface area contributed by atoms with Gasteiger partial charge in [0, 0.05) is 30.5 Å². The Morgan fingerprint density at radius 2 is 1.72 bits per heavy atom. The third-order valence-electron chi connectivity index (χ3n) is 4.10. The lowest BCUT2D eigenvalue weighted by atomic mass is 10.1. The molecule has 6 heteroatoms. The molecule has 0 aliphatic rings. The van der Waals surface area contributed by atoms with Crippen LogP contribution < -0.4 is 4.90 Å². The Hall–Kier alpha value is -3.54. The summed E-state index contributed by atoms with van der Waals surface area (Å²) in [7, 11) is 1.90. The first kappa shape index (κ1) is 15.0. The van der Waals surface area contributed by atoms with Crippen molar-refractivity contribution in [1.82, 2.24) is 15.0 Å². The summed E-state index contributed by atoms with van der Waals surface area (Å²) in [6, 6.07) is 14.6. The van der Waals surface area contributed by atoms with Crippen LogP contribution in [-0.2, 0) is 0 Å². The summed E-state index contributed by atoms with van der Waals surface area (Å²) in [6.45, 7) is 0. The second kappa shape index (κ2) is 5.83. The number of hydrogen-bond donors (Lipinski definition) is 1. The molecule has 0 saturated carbocycles. The fourth-order valence-electron chi connectivity index (χ4n) is 2.83. The van der Waals surface area contributed by atoms with Crippen molar-refractivity contribution in [2.75, 3.05) is 11.9 Å². The Kier molecular flexibility index (Phi) is 3.50. The van der Waals surface area contributed by atoms with Gasteiger partial charge in [-0.2, -0.15) is 0 Å². The first-order valence-corrected chi connectivity index (χ1v) is 7.72. The normalized spacial score (nSPS) is 10.9. The van der Waals surface area contributed by atoms with Crippen LogP contribution in [0, 0.1) is 0 Å². The SMILES string of the molecule is CN(c1ccccc1)c1nc2cc(C(=O)O)ccc2c2nccnc12. The molecule has 0 aliphatic carbocycles. The third kappa shape index (κ3) is 2.53. The van der Waals surface area contributed by atoms with Crippen molar-refractivity contribution < 1.29 is 9.90 Å². The quantitative estimate of drug-likeness (QED) is 0.578. The van der Waals surface area contributed by atoms with Crippen LogP contribution in [0.1, 0.15) is 10.4 Å². The molecule has 0 aliphatic heterocycles. The summed E-state index contributed by atoms with van der Waals surface area (Å²) >= 11 is 0. The smallest absolute Gasteiger partial charge is 0.335 e. The number of pyridine rings is 1. The van der Waals surface area contributed by atoms with Crippen molar-refractivity contribution in [3.05, 3.63) is 66.5 Å². The Morgan fingerprint density at radius 1 is 1.00 bits per heavy atom. The Bertz CT molecular complexity index is 1100. The summed E-state index contributed by atoms with van der Waals surface area (Å²) in [5.41, 5.74) is 3.09. The monoisotopic (exact) mass is 330 g/mol. The highest BCUT2D eigenvalue weighted by molar-refractivity contribution is 6.08. The number of fused-ring (bicyclic) bond motifs is 3. The Labute approximate surface area is 143 Å². The van der Waals surface area contributed by atoms with E-state index in [0.29, 0.717) is 22.4 Å². The summed E-state index contributed by atoms with van der Waals surface area (Å²) in [5, 5.41) is 10.0. The first-order chi connectivity index (χ1) is 12.1. The van der Waals surface area contributed by atoms with Gasteiger partial charge in [-0.1, -0.05) is 18.2 Å². The largest absolute Gasteiger partial charge is 0.478 e. The number of aromatic carboxylic acids is 1. The van der Waals surface area contributed by atoms with E-state index in [0.717, 1.165) is 11.1 Å². The molecular formula is C19H14N4O2. The van der Waals surface area contributed by atoms with E-state index in [9.17, 15) is 9.90 Å². The van der Waals surface area contributed by atoms with Crippen molar-refractivity contribution in [3.8, 4) is 0 Å². The van der Waals surface area contributed by atoms with E-state index in [1.165, 1.54) is 0 Å². The van der Waals surface area contributed by atoms with Crippen LogP contribution in [0.4, 0.5) is 11.5 Å². The number of benzene rings is 2. The highest BCUT2D eigenvalue weighted by Gasteiger charge is 2.16. The molecule has 4 rings (SSSR count). The summed E-state index contributed by atoms with van der Waals surface area (Å²) in [6.07, 6.45) is 3.25. The van der Waals surface area contributed by atoms with Gasteiger partial charge in [0.2, 0.25) is 0 Å². The van der Waals surface area contributed by atoms with E-state index < -0.39 is 5.97 Å². The van der Waals surface area contributed by atoms with E-state index >= 15 is 0 Å². The summed E-state index contributed by atoms with van der Waals surface area (Å²) < 4.78 is 0. The number of nitrogens with zero attached hydrogens (tertiary/aromatic N) is 4. The molecule has 0 fully saturated rings. The lowest BCUT2D eigenvalue weighted by Crippen LogP contribution is -2.12. The molecule has 1 N–H and O–H groups in total. The minimum atomic E-state index is -0.985. The highest BCUT2D eigenvalue weighted by Crippen LogP contribution is 2.31. The molecule has 4 aromatic rings. The van der Waals surface area contributed by atoms with Crippen LogP contribution in [0.3, 0.4) is 0 Å². The van der Waals surface area contributed by atoms with E-state index in [4.69, 9.17) is 0 Å². The Morgan fingerprint density at radius 3 is 2.44 bits per heavy atom. The molecule has 122 valence electrons. The number of carbonyl (C=O) groups is 1. The molecule has 0 bridgehead atoms. The van der Waals surface area contributed by atoms with Gasteiger partial charge < -0.3 is 10.0 Å². The lowest BCUT2D eigenvalue weighted by Gasteiger charge is -2.20. The van der Waals surface area contributed by atoms with Gasteiger partial charge in [0.15, 0.2) is 5.82 Å². The topological polar surface area (TPSA) is 79.2 Å². The van der Waals surface area contributed by atoms with Crippen LogP contribution >= 0.6 is 0 Å². The zero-order chi connectivity index (χ0) is 17.4. The van der Waals surface area contributed by atoms with E-state index in [-0.39, 0.29) is 5.56 Å². The van der Waals surface area contributed by atoms with Gasteiger partial charge in [-0.05, 0) is 30.3 Å². The third-order valence-corrected chi connectivity index (χ3v) is 4.10. The van der Waals surface area contributed by atoms with Gasteiger partial charge in [0.1, 0.15) is 11.0 Å². The molecule has 0 atom stereocenters. The molecule has 0 radical (unpaired) electrons. The van der Waals surface area contributed by atoms with Crippen molar-refractivity contribution in [3.63, 3.8) is 0 Å². The first-order valence-electron chi connectivity index (χ1n) is 7.72. The Balaban J connectivity index is 2.03. The fourth-order valence-corrected chi connectivity index (χ4v) is 2.83. The number of para-hydroxylation sites is 1. The molecule has 2 heterocycles. The summed E-state index contributed by atoms with van der Waals surface area (Å²) in [5.74, 6) is -0.356. The van der Waals surface area contributed by atoms with Crippen molar-refractivity contribution in [2.24, 2.45) is 0 Å². The van der Waals surface area contributed by atoms with Crippen LogP contribution in [0.15, 0.2) is 60.9 Å². The predicted molar refractivity (Wildman–Crippen MR) is 96.3 cm³/mol. The minimum absolute atomic E-state index is 0.191. The van der Waals surface area contributed by atoms with Gasteiger partial charge in [-0.15, -0.1) is 0 Å². The van der Waals surface area contributed by atoms with E-state index in [2.05, 4.69) is 15.0 Å².